The van der Waals surface area contributed by atoms with Crippen LogP contribution in [-0.4, -0.2) is 56.8 Å². The standard InChI is InChI=1S/C9H15NO5S/c11-4-9(5-15-6-9)8(12)10-7-1-2-16(13,14)3-7/h7,11H,1-6H2,(H,10,12). The number of nitrogens with one attached hydrogen (secondary N) is 1. The van der Waals surface area contributed by atoms with Crippen molar-refractivity contribution in [2.24, 2.45) is 5.41 Å². The lowest BCUT2D eigenvalue weighted by atomic mass is 9.85. The highest BCUT2D eigenvalue weighted by molar-refractivity contribution is 7.91. The van der Waals surface area contributed by atoms with Crippen molar-refractivity contribution >= 4 is 15.7 Å². The summed E-state index contributed by atoms with van der Waals surface area (Å²) < 4.78 is 27.3. The molecule has 2 saturated heterocycles. The third kappa shape index (κ3) is 2.07. The summed E-state index contributed by atoms with van der Waals surface area (Å²) in [4.78, 5) is 11.8. The molecule has 1 unspecified atom stereocenters. The molecule has 92 valence electrons. The van der Waals surface area contributed by atoms with Gasteiger partial charge >= 0.3 is 0 Å². The van der Waals surface area contributed by atoms with Crippen LogP contribution in [0.15, 0.2) is 0 Å². The van der Waals surface area contributed by atoms with Crippen molar-refractivity contribution < 1.29 is 23.1 Å². The van der Waals surface area contributed by atoms with Gasteiger partial charge < -0.3 is 15.2 Å². The largest absolute Gasteiger partial charge is 0.395 e. The van der Waals surface area contributed by atoms with Crippen molar-refractivity contribution in [3.63, 3.8) is 0 Å². The van der Waals surface area contributed by atoms with Gasteiger partial charge in [0.1, 0.15) is 5.41 Å². The van der Waals surface area contributed by atoms with E-state index in [9.17, 15) is 13.2 Å². The SMILES string of the molecule is O=C(NC1CCS(=O)(=O)C1)C1(CO)COC1. The second-order valence-electron chi connectivity index (χ2n) is 4.50. The molecule has 0 aliphatic carbocycles. The van der Waals surface area contributed by atoms with E-state index in [1.54, 1.807) is 0 Å². The number of aliphatic hydroxyl groups is 1. The number of sulfone groups is 1. The van der Waals surface area contributed by atoms with Gasteiger partial charge in [-0.2, -0.15) is 0 Å². The molecule has 2 heterocycles. The van der Waals surface area contributed by atoms with Gasteiger partial charge in [0.25, 0.3) is 0 Å². The van der Waals surface area contributed by atoms with Crippen LogP contribution in [0.2, 0.25) is 0 Å². The fraction of sp³-hybridized carbons (Fsp3) is 0.889. The Labute approximate surface area is 93.9 Å². The van der Waals surface area contributed by atoms with Gasteiger partial charge in [-0.05, 0) is 6.42 Å². The molecule has 16 heavy (non-hydrogen) atoms. The highest BCUT2D eigenvalue weighted by Crippen LogP contribution is 2.27. The predicted octanol–water partition coefficient (Wildman–Crippen LogP) is -1.70. The summed E-state index contributed by atoms with van der Waals surface area (Å²) in [7, 11) is -2.99. The van der Waals surface area contributed by atoms with E-state index in [0.717, 1.165) is 0 Å². The molecule has 0 saturated carbocycles. The zero-order valence-electron chi connectivity index (χ0n) is 8.81. The van der Waals surface area contributed by atoms with Crippen molar-refractivity contribution in [2.45, 2.75) is 12.5 Å². The third-order valence-electron chi connectivity index (χ3n) is 3.11. The molecule has 1 amide bonds. The normalized spacial score (nSPS) is 30.7. The van der Waals surface area contributed by atoms with Crippen molar-refractivity contribution in [3.05, 3.63) is 0 Å². The minimum absolute atomic E-state index is 0.00110. The molecular formula is C9H15NO5S. The first-order chi connectivity index (χ1) is 7.47. The quantitative estimate of drug-likeness (QED) is 0.622. The number of amides is 1. The van der Waals surface area contributed by atoms with E-state index in [0.29, 0.717) is 6.42 Å². The van der Waals surface area contributed by atoms with Crippen LogP contribution in [0.4, 0.5) is 0 Å². The van der Waals surface area contributed by atoms with Gasteiger partial charge in [0.15, 0.2) is 9.84 Å². The highest BCUT2D eigenvalue weighted by atomic mass is 32.2. The van der Waals surface area contributed by atoms with E-state index in [-0.39, 0.29) is 43.3 Å². The monoisotopic (exact) mass is 249 g/mol. The fourth-order valence-corrected chi connectivity index (χ4v) is 3.56. The molecule has 2 N–H and O–H groups in total. The van der Waals surface area contributed by atoms with Crippen LogP contribution in [0.3, 0.4) is 0 Å². The van der Waals surface area contributed by atoms with E-state index in [2.05, 4.69) is 5.32 Å². The van der Waals surface area contributed by atoms with Crippen molar-refractivity contribution in [1.29, 1.82) is 0 Å². The molecular weight excluding hydrogens is 234 g/mol. The Morgan fingerprint density at radius 2 is 2.19 bits per heavy atom. The number of rotatable bonds is 3. The number of hydrogen-bond acceptors (Lipinski definition) is 5. The Morgan fingerprint density at radius 3 is 2.56 bits per heavy atom. The first-order valence-electron chi connectivity index (χ1n) is 5.17. The number of carbonyl (C=O) groups excluding carboxylic acids is 1. The smallest absolute Gasteiger partial charge is 0.233 e. The van der Waals surface area contributed by atoms with Gasteiger partial charge in [-0.3, -0.25) is 4.79 Å². The van der Waals surface area contributed by atoms with Gasteiger partial charge in [-0.15, -0.1) is 0 Å². The Hall–Kier alpha value is -0.660. The molecule has 0 aromatic heterocycles. The third-order valence-corrected chi connectivity index (χ3v) is 4.88. The number of aliphatic hydroxyl groups excluding tert-OH is 1. The Kier molecular flexibility index (Phi) is 2.93. The summed E-state index contributed by atoms with van der Waals surface area (Å²) in [5.74, 6) is -0.176. The van der Waals surface area contributed by atoms with E-state index in [1.807, 2.05) is 0 Å². The average molecular weight is 249 g/mol. The molecule has 2 aliphatic rings. The molecule has 0 aromatic rings. The molecule has 6 nitrogen and oxygen atoms in total. The minimum atomic E-state index is -2.99. The summed E-state index contributed by atoms with van der Waals surface area (Å²) in [5.41, 5.74) is -0.855. The maximum absolute atomic E-state index is 11.8. The van der Waals surface area contributed by atoms with Crippen LogP contribution < -0.4 is 5.32 Å². The first kappa shape index (κ1) is 11.8. The second-order valence-corrected chi connectivity index (χ2v) is 6.73. The van der Waals surface area contributed by atoms with Gasteiger partial charge in [-0.25, -0.2) is 8.42 Å². The Bertz CT molecular complexity index is 381. The fourth-order valence-electron chi connectivity index (χ4n) is 1.89. The van der Waals surface area contributed by atoms with Crippen molar-refractivity contribution in [3.8, 4) is 0 Å². The molecule has 0 radical (unpaired) electrons. The molecule has 2 aliphatic heterocycles. The molecule has 0 bridgehead atoms. The number of ether oxygens (including phenoxy) is 1. The lowest BCUT2D eigenvalue weighted by Gasteiger charge is -2.38. The van der Waals surface area contributed by atoms with Crippen LogP contribution in [0.1, 0.15) is 6.42 Å². The van der Waals surface area contributed by atoms with Crippen LogP contribution in [-0.2, 0) is 19.4 Å². The van der Waals surface area contributed by atoms with Crippen molar-refractivity contribution in [2.75, 3.05) is 31.3 Å². The second kappa shape index (κ2) is 3.97. The number of hydrogen-bond donors (Lipinski definition) is 2. The van der Waals surface area contributed by atoms with Gasteiger partial charge in [0.2, 0.25) is 5.91 Å². The molecule has 2 fully saturated rings. The Balaban J connectivity index is 1.93. The van der Waals surface area contributed by atoms with Crippen LogP contribution >= 0.6 is 0 Å². The van der Waals surface area contributed by atoms with Crippen LogP contribution in [0, 0.1) is 5.41 Å². The van der Waals surface area contributed by atoms with Gasteiger partial charge in [-0.1, -0.05) is 0 Å². The average Bonchev–Trinajstić information content (AvgIpc) is 2.44. The molecule has 0 aromatic carbocycles. The molecule has 7 heteroatoms. The van der Waals surface area contributed by atoms with E-state index >= 15 is 0 Å². The van der Waals surface area contributed by atoms with Gasteiger partial charge in [0.05, 0.1) is 31.3 Å². The lowest BCUT2D eigenvalue weighted by Crippen LogP contribution is -2.58. The van der Waals surface area contributed by atoms with Crippen molar-refractivity contribution in [1.82, 2.24) is 5.32 Å². The summed E-state index contributed by atoms with van der Waals surface area (Å²) in [6.45, 7) is 0.141. The van der Waals surface area contributed by atoms with Crippen LogP contribution in [0.25, 0.3) is 0 Å². The van der Waals surface area contributed by atoms with E-state index in [1.165, 1.54) is 0 Å². The summed E-state index contributed by atoms with van der Waals surface area (Å²) in [6, 6.07) is -0.318. The summed E-state index contributed by atoms with van der Waals surface area (Å²) in [5, 5.41) is 11.8. The minimum Gasteiger partial charge on any atom is -0.395 e. The summed E-state index contributed by atoms with van der Waals surface area (Å²) in [6.07, 6.45) is 0.455. The predicted molar refractivity (Wildman–Crippen MR) is 55.5 cm³/mol. The van der Waals surface area contributed by atoms with Gasteiger partial charge in [0, 0.05) is 6.04 Å². The van der Waals surface area contributed by atoms with Crippen LogP contribution in [0.5, 0.6) is 0 Å². The maximum Gasteiger partial charge on any atom is 0.233 e. The van der Waals surface area contributed by atoms with E-state index < -0.39 is 15.3 Å². The first-order valence-corrected chi connectivity index (χ1v) is 7.00. The zero-order valence-corrected chi connectivity index (χ0v) is 9.62. The molecule has 0 spiro atoms. The highest BCUT2D eigenvalue weighted by Gasteiger charge is 2.46. The maximum atomic E-state index is 11.8. The number of carbonyl (C=O) groups is 1. The summed E-state index contributed by atoms with van der Waals surface area (Å²) >= 11 is 0. The Morgan fingerprint density at radius 1 is 1.50 bits per heavy atom. The molecule has 1 atom stereocenters. The lowest BCUT2D eigenvalue weighted by molar-refractivity contribution is -0.170. The van der Waals surface area contributed by atoms with E-state index in [4.69, 9.17) is 9.84 Å². The molecule has 2 rings (SSSR count). The zero-order chi connectivity index (χ0) is 11.8. The topological polar surface area (TPSA) is 92.7 Å².